The van der Waals surface area contributed by atoms with Crippen LogP contribution in [0.25, 0.3) is 0 Å². The fourth-order valence-corrected chi connectivity index (χ4v) is 1.49. The monoisotopic (exact) mass is 268 g/mol. The van der Waals surface area contributed by atoms with Gasteiger partial charge in [0, 0.05) is 26.8 Å². The van der Waals surface area contributed by atoms with Gasteiger partial charge in [-0.15, -0.1) is 0 Å². The van der Waals surface area contributed by atoms with Gasteiger partial charge in [0.15, 0.2) is 0 Å². The number of hydrogen-bond donors (Lipinski definition) is 1. The number of rotatable bonds is 4. The Hall–Kier alpha value is -2.11. The minimum absolute atomic E-state index is 0.138. The molecule has 5 nitrogen and oxygen atoms in total. The molecule has 104 valence electrons. The summed E-state index contributed by atoms with van der Waals surface area (Å²) in [6, 6.07) is 3.20. The first kappa shape index (κ1) is 14.9. The molecule has 0 aliphatic carbocycles. The maximum Gasteiger partial charge on any atom is 0.326 e. The summed E-state index contributed by atoms with van der Waals surface area (Å²) in [5.41, 5.74) is 0.490. The number of carboxylic acid groups (broad SMARTS) is 1. The van der Waals surface area contributed by atoms with Gasteiger partial charge < -0.3 is 14.9 Å². The summed E-state index contributed by atoms with van der Waals surface area (Å²) in [4.78, 5) is 25.5. The summed E-state index contributed by atoms with van der Waals surface area (Å²) < 4.78 is 13.9. The van der Waals surface area contributed by atoms with Gasteiger partial charge in [-0.1, -0.05) is 0 Å². The molecule has 1 aromatic carbocycles. The molecule has 1 unspecified atom stereocenters. The number of hydrogen-bond acceptors (Lipinski definition) is 3. The van der Waals surface area contributed by atoms with E-state index in [0.717, 1.165) is 4.90 Å². The van der Waals surface area contributed by atoms with Crippen molar-refractivity contribution in [1.82, 2.24) is 4.90 Å². The highest BCUT2D eigenvalue weighted by atomic mass is 19.1. The minimum Gasteiger partial charge on any atom is -0.480 e. The van der Waals surface area contributed by atoms with Crippen LogP contribution in [-0.2, 0) is 4.79 Å². The van der Waals surface area contributed by atoms with E-state index in [1.54, 1.807) is 25.1 Å². The van der Waals surface area contributed by atoms with Crippen LogP contribution >= 0.6 is 0 Å². The first-order valence-corrected chi connectivity index (χ1v) is 5.72. The van der Waals surface area contributed by atoms with E-state index in [0.29, 0.717) is 5.69 Å². The van der Waals surface area contributed by atoms with Gasteiger partial charge in [-0.25, -0.2) is 9.18 Å². The van der Waals surface area contributed by atoms with Crippen molar-refractivity contribution in [2.45, 2.75) is 13.0 Å². The van der Waals surface area contributed by atoms with Crippen molar-refractivity contribution in [2.24, 2.45) is 0 Å². The summed E-state index contributed by atoms with van der Waals surface area (Å²) in [5, 5.41) is 8.84. The fraction of sp³-hybridized carbons (Fsp3) is 0.385. The van der Waals surface area contributed by atoms with Crippen LogP contribution in [0, 0.1) is 5.82 Å². The van der Waals surface area contributed by atoms with E-state index in [2.05, 4.69) is 0 Å². The number of halogens is 1. The summed E-state index contributed by atoms with van der Waals surface area (Å²) >= 11 is 0. The Bertz CT molecular complexity index is 503. The van der Waals surface area contributed by atoms with E-state index in [1.165, 1.54) is 26.1 Å². The molecule has 0 bridgehead atoms. The third-order valence-corrected chi connectivity index (χ3v) is 2.96. The van der Waals surface area contributed by atoms with Gasteiger partial charge in [-0.05, 0) is 25.1 Å². The number of aliphatic carboxylic acids is 1. The second-order valence-corrected chi connectivity index (χ2v) is 4.49. The standard InChI is InChI=1S/C13H17FN2O3/c1-8(13(18)19)16(4)12(17)10-6-5-9(15(2)3)7-11(10)14/h5-8H,1-4H3,(H,18,19). The van der Waals surface area contributed by atoms with E-state index in [4.69, 9.17) is 5.11 Å². The summed E-state index contributed by atoms with van der Waals surface area (Å²) in [6.45, 7) is 1.37. The highest BCUT2D eigenvalue weighted by molar-refractivity contribution is 5.96. The van der Waals surface area contributed by atoms with Crippen LogP contribution in [0.3, 0.4) is 0 Å². The molecular formula is C13H17FN2O3. The number of carbonyl (C=O) groups excluding carboxylic acids is 1. The number of carboxylic acids is 1. The highest BCUT2D eigenvalue weighted by Gasteiger charge is 2.24. The summed E-state index contributed by atoms with van der Waals surface area (Å²) in [5.74, 6) is -2.46. The average molecular weight is 268 g/mol. The first-order chi connectivity index (χ1) is 8.75. The van der Waals surface area contributed by atoms with Gasteiger partial charge in [0.1, 0.15) is 11.9 Å². The van der Waals surface area contributed by atoms with E-state index in [9.17, 15) is 14.0 Å². The second-order valence-electron chi connectivity index (χ2n) is 4.49. The molecule has 19 heavy (non-hydrogen) atoms. The predicted octanol–water partition coefficient (Wildman–Crippen LogP) is 1.44. The molecule has 1 atom stereocenters. The molecule has 1 N–H and O–H groups in total. The molecule has 1 amide bonds. The molecule has 0 aromatic heterocycles. The van der Waals surface area contributed by atoms with Crippen molar-refractivity contribution in [1.29, 1.82) is 0 Å². The normalized spacial score (nSPS) is 11.8. The molecule has 1 aromatic rings. The number of likely N-dealkylation sites (N-methyl/N-ethyl adjacent to an activating group) is 1. The largest absolute Gasteiger partial charge is 0.480 e. The average Bonchev–Trinajstić information content (AvgIpc) is 2.35. The van der Waals surface area contributed by atoms with Crippen molar-refractivity contribution < 1.29 is 19.1 Å². The SMILES string of the molecule is CC(C(=O)O)N(C)C(=O)c1ccc(N(C)C)cc1F. The van der Waals surface area contributed by atoms with E-state index >= 15 is 0 Å². The lowest BCUT2D eigenvalue weighted by atomic mass is 10.1. The van der Waals surface area contributed by atoms with E-state index in [1.807, 2.05) is 0 Å². The molecule has 0 heterocycles. The Kier molecular flexibility index (Phi) is 4.47. The Morgan fingerprint density at radius 1 is 1.26 bits per heavy atom. The van der Waals surface area contributed by atoms with Gasteiger partial charge in [0.2, 0.25) is 0 Å². The quantitative estimate of drug-likeness (QED) is 0.897. The Morgan fingerprint density at radius 2 is 1.84 bits per heavy atom. The zero-order chi connectivity index (χ0) is 14.7. The van der Waals surface area contributed by atoms with E-state index < -0.39 is 23.7 Å². The summed E-state index contributed by atoms with van der Waals surface area (Å²) in [6.07, 6.45) is 0. The third-order valence-electron chi connectivity index (χ3n) is 2.96. The number of benzene rings is 1. The molecule has 1 rings (SSSR count). The zero-order valence-electron chi connectivity index (χ0n) is 11.3. The van der Waals surface area contributed by atoms with Crippen molar-refractivity contribution in [3.05, 3.63) is 29.6 Å². The molecule has 0 aliphatic heterocycles. The lowest BCUT2D eigenvalue weighted by Crippen LogP contribution is -2.40. The van der Waals surface area contributed by atoms with Crippen LogP contribution in [0.15, 0.2) is 18.2 Å². The first-order valence-electron chi connectivity index (χ1n) is 5.72. The predicted molar refractivity (Wildman–Crippen MR) is 69.9 cm³/mol. The van der Waals surface area contributed by atoms with Crippen molar-refractivity contribution in [3.8, 4) is 0 Å². The Labute approximate surface area is 111 Å². The molecule has 0 saturated carbocycles. The Balaban J connectivity index is 3.04. The van der Waals surface area contributed by atoms with Crippen LogP contribution in [0.4, 0.5) is 10.1 Å². The Morgan fingerprint density at radius 3 is 2.26 bits per heavy atom. The molecule has 0 aliphatic rings. The molecule has 6 heteroatoms. The van der Waals surface area contributed by atoms with Crippen molar-refractivity contribution >= 4 is 17.6 Å². The second kappa shape index (κ2) is 5.69. The molecule has 0 radical (unpaired) electrons. The topological polar surface area (TPSA) is 60.9 Å². The van der Waals surface area contributed by atoms with Gasteiger partial charge >= 0.3 is 5.97 Å². The van der Waals surface area contributed by atoms with Gasteiger partial charge in [-0.3, -0.25) is 4.79 Å². The van der Waals surface area contributed by atoms with Crippen LogP contribution in [0.2, 0.25) is 0 Å². The fourth-order valence-electron chi connectivity index (χ4n) is 1.49. The van der Waals surface area contributed by atoms with Gasteiger partial charge in [0.25, 0.3) is 5.91 Å². The van der Waals surface area contributed by atoms with Crippen LogP contribution in [-0.4, -0.2) is 49.1 Å². The molecule has 0 saturated heterocycles. The van der Waals surface area contributed by atoms with Crippen LogP contribution in [0.1, 0.15) is 17.3 Å². The van der Waals surface area contributed by atoms with Crippen LogP contribution < -0.4 is 4.90 Å². The van der Waals surface area contributed by atoms with Crippen LogP contribution in [0.5, 0.6) is 0 Å². The third kappa shape index (κ3) is 3.21. The molecule has 0 spiro atoms. The van der Waals surface area contributed by atoms with Crippen molar-refractivity contribution in [3.63, 3.8) is 0 Å². The number of nitrogens with zero attached hydrogens (tertiary/aromatic N) is 2. The zero-order valence-corrected chi connectivity index (χ0v) is 11.3. The smallest absolute Gasteiger partial charge is 0.326 e. The lowest BCUT2D eigenvalue weighted by molar-refractivity contribution is -0.141. The van der Waals surface area contributed by atoms with Gasteiger partial charge in [0.05, 0.1) is 5.56 Å². The number of anilines is 1. The maximum atomic E-state index is 13.9. The molecular weight excluding hydrogens is 251 g/mol. The highest BCUT2D eigenvalue weighted by Crippen LogP contribution is 2.18. The number of carbonyl (C=O) groups is 2. The minimum atomic E-state index is -1.14. The van der Waals surface area contributed by atoms with Crippen molar-refractivity contribution in [2.75, 3.05) is 26.0 Å². The van der Waals surface area contributed by atoms with E-state index in [-0.39, 0.29) is 5.56 Å². The maximum absolute atomic E-state index is 13.9. The lowest BCUT2D eigenvalue weighted by Gasteiger charge is -2.22. The summed E-state index contributed by atoms with van der Waals surface area (Å²) in [7, 11) is 4.85. The molecule has 0 fully saturated rings. The van der Waals surface area contributed by atoms with Gasteiger partial charge in [-0.2, -0.15) is 0 Å². The number of amides is 1.